The SMILES string of the molecule is Cc1ccc(CNC(=S)Nc2nc(N3CCN(c4ccccc4)CC3)cc(N3CCC[C@H](C)C3)n2)cc1. The van der Waals surface area contributed by atoms with Gasteiger partial charge in [0.1, 0.15) is 11.6 Å². The van der Waals surface area contributed by atoms with Crippen LogP contribution in [-0.2, 0) is 6.54 Å². The summed E-state index contributed by atoms with van der Waals surface area (Å²) in [6.45, 7) is 10.9. The largest absolute Gasteiger partial charge is 0.368 e. The van der Waals surface area contributed by atoms with Crippen LogP contribution in [0.3, 0.4) is 0 Å². The third-order valence-corrected chi connectivity index (χ3v) is 7.45. The molecule has 1 aromatic heterocycles. The highest BCUT2D eigenvalue weighted by Crippen LogP contribution is 2.27. The molecule has 7 nitrogen and oxygen atoms in total. The van der Waals surface area contributed by atoms with Crippen molar-refractivity contribution in [3.05, 3.63) is 71.8 Å². The number of rotatable bonds is 6. The van der Waals surface area contributed by atoms with Crippen molar-refractivity contribution in [1.82, 2.24) is 15.3 Å². The van der Waals surface area contributed by atoms with Gasteiger partial charge in [-0.15, -0.1) is 0 Å². The minimum absolute atomic E-state index is 0.532. The van der Waals surface area contributed by atoms with E-state index in [0.29, 0.717) is 23.5 Å². The quantitative estimate of drug-likeness (QED) is 0.453. The number of nitrogens with zero attached hydrogens (tertiary/aromatic N) is 5. The smallest absolute Gasteiger partial charge is 0.232 e. The Kier molecular flexibility index (Phi) is 8.04. The number of aryl methyl sites for hydroxylation is 1. The molecule has 2 fully saturated rings. The first kappa shape index (κ1) is 25.3. The van der Waals surface area contributed by atoms with Gasteiger partial charge in [0.15, 0.2) is 5.11 Å². The van der Waals surface area contributed by atoms with E-state index >= 15 is 0 Å². The number of anilines is 4. The average Bonchev–Trinajstić information content (AvgIpc) is 2.93. The Balaban J connectivity index is 1.30. The summed E-state index contributed by atoms with van der Waals surface area (Å²) in [5, 5.41) is 7.10. The number of benzene rings is 2. The Morgan fingerprint density at radius 1 is 0.892 bits per heavy atom. The molecule has 194 valence electrons. The van der Waals surface area contributed by atoms with E-state index in [2.05, 4.69) is 99.8 Å². The predicted octanol–water partition coefficient (Wildman–Crippen LogP) is 4.83. The van der Waals surface area contributed by atoms with Gasteiger partial charge < -0.3 is 25.3 Å². The van der Waals surface area contributed by atoms with E-state index in [1.54, 1.807) is 0 Å². The molecule has 1 atom stereocenters. The van der Waals surface area contributed by atoms with Gasteiger partial charge in [-0.2, -0.15) is 9.97 Å². The summed E-state index contributed by atoms with van der Waals surface area (Å²) in [6.07, 6.45) is 2.46. The fourth-order valence-electron chi connectivity index (χ4n) is 5.07. The Hall–Kier alpha value is -3.39. The molecule has 2 aliphatic heterocycles. The van der Waals surface area contributed by atoms with Gasteiger partial charge in [-0.3, -0.25) is 0 Å². The van der Waals surface area contributed by atoms with Gasteiger partial charge in [0.05, 0.1) is 0 Å². The Labute approximate surface area is 225 Å². The fraction of sp³-hybridized carbons (Fsp3) is 0.414. The topological polar surface area (TPSA) is 59.6 Å². The highest BCUT2D eigenvalue weighted by atomic mass is 32.1. The van der Waals surface area contributed by atoms with Crippen LogP contribution in [-0.4, -0.2) is 54.3 Å². The van der Waals surface area contributed by atoms with Crippen molar-refractivity contribution in [1.29, 1.82) is 0 Å². The first-order valence-corrected chi connectivity index (χ1v) is 13.7. The van der Waals surface area contributed by atoms with Crippen LogP contribution in [0.4, 0.5) is 23.3 Å². The number of piperidine rings is 1. The lowest BCUT2D eigenvalue weighted by Gasteiger charge is -2.37. The van der Waals surface area contributed by atoms with Crippen molar-refractivity contribution in [2.24, 2.45) is 5.92 Å². The van der Waals surface area contributed by atoms with E-state index in [1.165, 1.54) is 29.7 Å². The molecule has 5 rings (SSSR count). The molecule has 0 radical (unpaired) electrons. The predicted molar refractivity (Wildman–Crippen MR) is 158 cm³/mol. The van der Waals surface area contributed by atoms with Crippen LogP contribution < -0.4 is 25.3 Å². The molecular formula is C29H37N7S. The number of piperazine rings is 1. The van der Waals surface area contributed by atoms with Gasteiger partial charge in [0.2, 0.25) is 5.95 Å². The highest BCUT2D eigenvalue weighted by Gasteiger charge is 2.23. The lowest BCUT2D eigenvalue weighted by atomic mass is 10.0. The average molecular weight is 516 g/mol. The van der Waals surface area contributed by atoms with E-state index in [1.807, 2.05) is 0 Å². The van der Waals surface area contributed by atoms with Crippen molar-refractivity contribution < 1.29 is 0 Å². The minimum atomic E-state index is 0.532. The molecular weight excluding hydrogens is 478 g/mol. The Bertz CT molecular complexity index is 1180. The van der Waals surface area contributed by atoms with Crippen molar-refractivity contribution in [2.75, 3.05) is 59.3 Å². The van der Waals surface area contributed by atoms with E-state index in [4.69, 9.17) is 22.2 Å². The van der Waals surface area contributed by atoms with Crippen LogP contribution in [0.15, 0.2) is 60.7 Å². The van der Waals surface area contributed by atoms with Crippen molar-refractivity contribution in [3.8, 4) is 0 Å². The molecule has 2 saturated heterocycles. The maximum Gasteiger partial charge on any atom is 0.232 e. The standard InChI is InChI=1S/C29H37N7S/c1-22-10-12-24(13-11-22)20-30-29(37)33-28-31-26(19-27(32-28)36-14-6-7-23(2)21-36)35-17-15-34(16-18-35)25-8-4-3-5-9-25/h3-5,8-13,19,23H,6-7,14-18,20-21H2,1-2H3,(H2,30,31,32,33,37)/t23-/m0/s1. The second-order valence-electron chi connectivity index (χ2n) is 10.2. The number of nitrogens with one attached hydrogen (secondary N) is 2. The highest BCUT2D eigenvalue weighted by molar-refractivity contribution is 7.80. The molecule has 0 amide bonds. The zero-order valence-electron chi connectivity index (χ0n) is 21.9. The third-order valence-electron chi connectivity index (χ3n) is 7.20. The van der Waals surface area contributed by atoms with Gasteiger partial charge in [0.25, 0.3) is 0 Å². The molecule has 3 aromatic rings. The van der Waals surface area contributed by atoms with Gasteiger partial charge in [0, 0.05) is 57.6 Å². The lowest BCUT2D eigenvalue weighted by molar-refractivity contribution is 0.444. The minimum Gasteiger partial charge on any atom is -0.368 e. The van der Waals surface area contributed by atoms with Gasteiger partial charge >= 0.3 is 0 Å². The number of thiocarbonyl (C=S) groups is 1. The fourth-order valence-corrected chi connectivity index (χ4v) is 5.23. The second kappa shape index (κ2) is 11.8. The molecule has 0 bridgehead atoms. The monoisotopic (exact) mass is 515 g/mol. The van der Waals surface area contributed by atoms with Crippen molar-refractivity contribution >= 4 is 40.6 Å². The molecule has 2 aliphatic rings. The number of hydrogen-bond donors (Lipinski definition) is 2. The van der Waals surface area contributed by atoms with Crippen LogP contribution in [0.25, 0.3) is 0 Å². The zero-order chi connectivity index (χ0) is 25.6. The van der Waals surface area contributed by atoms with E-state index in [-0.39, 0.29) is 0 Å². The molecule has 37 heavy (non-hydrogen) atoms. The first-order valence-electron chi connectivity index (χ1n) is 13.3. The zero-order valence-corrected chi connectivity index (χ0v) is 22.7. The summed E-state index contributed by atoms with van der Waals surface area (Å²) >= 11 is 5.61. The van der Waals surface area contributed by atoms with Crippen molar-refractivity contribution in [3.63, 3.8) is 0 Å². The maximum atomic E-state index is 5.61. The van der Waals surface area contributed by atoms with Gasteiger partial charge in [-0.1, -0.05) is 55.0 Å². The first-order chi connectivity index (χ1) is 18.0. The summed E-state index contributed by atoms with van der Waals surface area (Å²) in [5.74, 6) is 3.15. The maximum absolute atomic E-state index is 5.61. The summed E-state index contributed by atoms with van der Waals surface area (Å²) in [6, 6.07) is 21.3. The number of hydrogen-bond acceptors (Lipinski definition) is 6. The van der Waals surface area contributed by atoms with Crippen molar-refractivity contribution in [2.45, 2.75) is 33.2 Å². The molecule has 8 heteroatoms. The van der Waals surface area contributed by atoms with Crippen LogP contribution in [0, 0.1) is 12.8 Å². The molecule has 2 N–H and O–H groups in total. The molecule has 0 spiro atoms. The summed E-state index contributed by atoms with van der Waals surface area (Å²) in [7, 11) is 0. The Morgan fingerprint density at radius 3 is 2.27 bits per heavy atom. The third kappa shape index (κ3) is 6.68. The molecule has 0 aliphatic carbocycles. The van der Waals surface area contributed by atoms with Crippen LogP contribution >= 0.6 is 12.2 Å². The van der Waals surface area contributed by atoms with E-state index < -0.39 is 0 Å². The molecule has 2 aromatic carbocycles. The normalized spacial score (nSPS) is 18.0. The summed E-state index contributed by atoms with van der Waals surface area (Å²) in [4.78, 5) is 17.0. The molecule has 0 unspecified atom stereocenters. The van der Waals surface area contributed by atoms with Gasteiger partial charge in [-0.25, -0.2) is 0 Å². The number of para-hydroxylation sites is 1. The van der Waals surface area contributed by atoms with Crippen LogP contribution in [0.5, 0.6) is 0 Å². The summed E-state index contributed by atoms with van der Waals surface area (Å²) in [5.41, 5.74) is 3.71. The van der Waals surface area contributed by atoms with Gasteiger partial charge in [-0.05, 0) is 55.6 Å². The second-order valence-corrected chi connectivity index (χ2v) is 10.6. The Morgan fingerprint density at radius 2 is 1.57 bits per heavy atom. The van der Waals surface area contributed by atoms with E-state index in [0.717, 1.165) is 50.9 Å². The van der Waals surface area contributed by atoms with Crippen LogP contribution in [0.1, 0.15) is 30.9 Å². The van der Waals surface area contributed by atoms with E-state index in [9.17, 15) is 0 Å². The lowest BCUT2D eigenvalue weighted by Crippen LogP contribution is -2.47. The summed E-state index contributed by atoms with van der Waals surface area (Å²) < 4.78 is 0. The number of aromatic nitrogens is 2. The molecule has 0 saturated carbocycles. The molecule has 3 heterocycles. The van der Waals surface area contributed by atoms with Crippen LogP contribution in [0.2, 0.25) is 0 Å².